The number of rotatable bonds is 11. The van der Waals surface area contributed by atoms with E-state index in [9.17, 15) is 14.4 Å². The van der Waals surface area contributed by atoms with Crippen molar-refractivity contribution in [2.75, 3.05) is 19.0 Å². The summed E-state index contributed by atoms with van der Waals surface area (Å²) in [6.45, 7) is 0.235. The summed E-state index contributed by atoms with van der Waals surface area (Å²) in [5, 5.41) is 5.45. The maximum Gasteiger partial charge on any atom is 0.306 e. The van der Waals surface area contributed by atoms with Crippen LogP contribution in [0.4, 0.5) is 5.69 Å². The lowest BCUT2D eigenvalue weighted by atomic mass is 10.1. The van der Waals surface area contributed by atoms with E-state index in [4.69, 9.17) is 10.5 Å². The Bertz CT molecular complexity index is 824. The number of para-hydroxylation sites is 1. The predicted molar refractivity (Wildman–Crippen MR) is 113 cm³/mol. The summed E-state index contributed by atoms with van der Waals surface area (Å²) in [5.41, 5.74) is 6.59. The monoisotopic (exact) mass is 413 g/mol. The van der Waals surface area contributed by atoms with E-state index in [-0.39, 0.29) is 43.7 Å². The minimum absolute atomic E-state index is 0.0230. The molecule has 0 heterocycles. The molecule has 160 valence electrons. The molecule has 1 atom stereocenters. The molecule has 0 saturated carbocycles. The smallest absolute Gasteiger partial charge is 0.306 e. The number of esters is 1. The Morgan fingerprint density at radius 1 is 0.900 bits per heavy atom. The number of ether oxygens (including phenoxy) is 2. The first kappa shape index (κ1) is 22.9. The first-order valence-corrected chi connectivity index (χ1v) is 9.68. The molecule has 2 amide bonds. The van der Waals surface area contributed by atoms with Gasteiger partial charge in [-0.3, -0.25) is 14.4 Å². The Morgan fingerprint density at radius 2 is 1.57 bits per heavy atom. The van der Waals surface area contributed by atoms with Crippen molar-refractivity contribution in [3.8, 4) is 11.5 Å². The number of amides is 2. The summed E-state index contributed by atoms with van der Waals surface area (Å²) in [7, 11) is 1.27. The molecule has 8 heteroatoms. The van der Waals surface area contributed by atoms with Gasteiger partial charge in [-0.15, -0.1) is 0 Å². The maximum atomic E-state index is 12.1. The molecule has 0 aromatic heterocycles. The molecule has 4 N–H and O–H groups in total. The molecule has 0 bridgehead atoms. The van der Waals surface area contributed by atoms with Crippen LogP contribution < -0.4 is 21.1 Å². The largest absolute Gasteiger partial charge is 0.469 e. The van der Waals surface area contributed by atoms with Gasteiger partial charge in [0.05, 0.1) is 13.5 Å². The van der Waals surface area contributed by atoms with Crippen molar-refractivity contribution in [2.24, 2.45) is 5.73 Å². The van der Waals surface area contributed by atoms with Crippen molar-refractivity contribution in [2.45, 2.75) is 31.7 Å². The van der Waals surface area contributed by atoms with Crippen LogP contribution in [0.1, 0.15) is 25.7 Å². The molecule has 0 aliphatic carbocycles. The molecule has 0 saturated heterocycles. The highest BCUT2D eigenvalue weighted by Gasteiger charge is 2.11. The minimum atomic E-state index is -0.439. The number of methoxy groups -OCH3 is 1. The van der Waals surface area contributed by atoms with E-state index in [0.717, 1.165) is 5.75 Å². The molecular formula is C22H27N3O5. The van der Waals surface area contributed by atoms with Gasteiger partial charge in [-0.2, -0.15) is 0 Å². The van der Waals surface area contributed by atoms with Crippen molar-refractivity contribution < 1.29 is 23.9 Å². The highest BCUT2D eigenvalue weighted by molar-refractivity contribution is 5.90. The number of benzene rings is 2. The second-order valence-electron chi connectivity index (χ2n) is 6.67. The van der Waals surface area contributed by atoms with Crippen LogP contribution in [0.2, 0.25) is 0 Å². The van der Waals surface area contributed by atoms with E-state index in [1.165, 1.54) is 7.11 Å². The second kappa shape index (κ2) is 12.2. The van der Waals surface area contributed by atoms with Crippen molar-refractivity contribution in [1.82, 2.24) is 5.32 Å². The van der Waals surface area contributed by atoms with Crippen LogP contribution in [0.25, 0.3) is 0 Å². The van der Waals surface area contributed by atoms with Crippen molar-refractivity contribution in [3.05, 3.63) is 54.6 Å². The fourth-order valence-corrected chi connectivity index (χ4v) is 2.52. The number of anilines is 1. The van der Waals surface area contributed by atoms with Crippen LogP contribution in [0.15, 0.2) is 54.6 Å². The molecule has 0 radical (unpaired) electrons. The molecule has 2 aromatic carbocycles. The van der Waals surface area contributed by atoms with Gasteiger partial charge in [-0.25, -0.2) is 0 Å². The van der Waals surface area contributed by atoms with Crippen molar-refractivity contribution >= 4 is 23.5 Å². The zero-order valence-electron chi connectivity index (χ0n) is 16.9. The van der Waals surface area contributed by atoms with E-state index in [2.05, 4.69) is 15.4 Å². The highest BCUT2D eigenvalue weighted by atomic mass is 16.5. The standard InChI is InChI=1S/C22H27N3O5/c1-29-22(28)14-13-20(26)24-15-16(23)7-12-21(27)25-17-8-10-19(11-9-17)30-18-5-3-2-4-6-18/h2-6,8-11,16H,7,12-15,23H2,1H3,(H,24,26)(H,25,27)/t16-/m0/s1. The van der Waals surface area contributed by atoms with Crippen LogP contribution in [0.5, 0.6) is 11.5 Å². The number of carbonyl (C=O) groups is 3. The van der Waals surface area contributed by atoms with E-state index in [0.29, 0.717) is 17.9 Å². The Morgan fingerprint density at radius 3 is 2.23 bits per heavy atom. The quantitative estimate of drug-likeness (QED) is 0.487. The van der Waals surface area contributed by atoms with E-state index >= 15 is 0 Å². The Labute approximate surface area is 175 Å². The van der Waals surface area contributed by atoms with Gasteiger partial charge in [0.15, 0.2) is 0 Å². The highest BCUT2D eigenvalue weighted by Crippen LogP contribution is 2.22. The Balaban J connectivity index is 1.66. The van der Waals surface area contributed by atoms with E-state index in [1.807, 2.05) is 30.3 Å². The lowest BCUT2D eigenvalue weighted by Gasteiger charge is -2.13. The Hall–Kier alpha value is -3.39. The molecule has 30 heavy (non-hydrogen) atoms. The second-order valence-corrected chi connectivity index (χ2v) is 6.67. The van der Waals surface area contributed by atoms with Crippen LogP contribution in [-0.2, 0) is 19.1 Å². The number of hydrogen-bond donors (Lipinski definition) is 3. The van der Waals surface area contributed by atoms with Gasteiger partial charge >= 0.3 is 5.97 Å². The van der Waals surface area contributed by atoms with E-state index in [1.54, 1.807) is 24.3 Å². The fraction of sp³-hybridized carbons (Fsp3) is 0.318. The lowest BCUT2D eigenvalue weighted by molar-refractivity contribution is -0.142. The normalized spacial score (nSPS) is 11.3. The predicted octanol–water partition coefficient (Wildman–Crippen LogP) is 2.59. The minimum Gasteiger partial charge on any atom is -0.469 e. The summed E-state index contributed by atoms with van der Waals surface area (Å²) < 4.78 is 10.2. The van der Waals surface area contributed by atoms with Gasteiger partial charge in [-0.1, -0.05) is 18.2 Å². The van der Waals surface area contributed by atoms with E-state index < -0.39 is 5.97 Å². The van der Waals surface area contributed by atoms with Gasteiger partial charge in [0.1, 0.15) is 11.5 Å². The summed E-state index contributed by atoms with van der Waals surface area (Å²) in [5.74, 6) is 0.521. The zero-order chi connectivity index (χ0) is 21.8. The van der Waals surface area contributed by atoms with Crippen LogP contribution in [-0.4, -0.2) is 37.5 Å². The third-order valence-electron chi connectivity index (χ3n) is 4.20. The third-order valence-corrected chi connectivity index (χ3v) is 4.20. The van der Waals surface area contributed by atoms with Gasteiger partial charge in [-0.05, 0) is 42.8 Å². The molecule has 0 aliphatic heterocycles. The summed E-state index contributed by atoms with van der Waals surface area (Å²) in [4.78, 5) is 34.7. The number of nitrogens with one attached hydrogen (secondary N) is 2. The van der Waals surface area contributed by atoms with Gasteiger partial charge < -0.3 is 25.8 Å². The first-order valence-electron chi connectivity index (χ1n) is 9.68. The molecule has 2 rings (SSSR count). The lowest BCUT2D eigenvalue weighted by Crippen LogP contribution is -2.37. The molecular weight excluding hydrogens is 386 g/mol. The Kier molecular flexibility index (Phi) is 9.33. The SMILES string of the molecule is COC(=O)CCC(=O)NC[C@@H](N)CCC(=O)Nc1ccc(Oc2ccccc2)cc1. The van der Waals surface area contributed by atoms with Crippen LogP contribution in [0, 0.1) is 0 Å². The summed E-state index contributed by atoms with van der Waals surface area (Å²) in [6.07, 6.45) is 0.707. The average molecular weight is 413 g/mol. The fourth-order valence-electron chi connectivity index (χ4n) is 2.52. The molecule has 0 fully saturated rings. The third kappa shape index (κ3) is 8.74. The maximum absolute atomic E-state index is 12.1. The molecule has 8 nitrogen and oxygen atoms in total. The number of nitrogens with two attached hydrogens (primary N) is 1. The first-order chi connectivity index (χ1) is 14.5. The van der Waals surface area contributed by atoms with Crippen LogP contribution >= 0.6 is 0 Å². The topological polar surface area (TPSA) is 120 Å². The number of hydrogen-bond acceptors (Lipinski definition) is 6. The average Bonchev–Trinajstić information content (AvgIpc) is 2.76. The molecule has 0 unspecified atom stereocenters. The van der Waals surface area contributed by atoms with Crippen molar-refractivity contribution in [1.29, 1.82) is 0 Å². The van der Waals surface area contributed by atoms with Gasteiger partial charge in [0.25, 0.3) is 0 Å². The van der Waals surface area contributed by atoms with Gasteiger partial charge in [0.2, 0.25) is 11.8 Å². The zero-order valence-corrected chi connectivity index (χ0v) is 16.9. The van der Waals surface area contributed by atoms with Crippen molar-refractivity contribution in [3.63, 3.8) is 0 Å². The number of carbonyl (C=O) groups excluding carboxylic acids is 3. The summed E-state index contributed by atoms with van der Waals surface area (Å²) in [6, 6.07) is 16.1. The van der Waals surface area contributed by atoms with Gasteiger partial charge in [0, 0.05) is 31.1 Å². The van der Waals surface area contributed by atoms with Crippen LogP contribution in [0.3, 0.4) is 0 Å². The summed E-state index contributed by atoms with van der Waals surface area (Å²) >= 11 is 0. The molecule has 0 aliphatic rings. The molecule has 0 spiro atoms. The molecule has 2 aromatic rings.